The fraction of sp³-hybridized carbons (Fsp3) is 0.368. The minimum atomic E-state index is 0.367. The van der Waals surface area contributed by atoms with Crippen LogP contribution in [0.15, 0.2) is 48.5 Å². The van der Waals surface area contributed by atoms with Gasteiger partial charge in [0.2, 0.25) is 0 Å². The molecule has 2 aromatic rings. The second-order valence-corrected chi connectivity index (χ2v) is 6.30. The van der Waals surface area contributed by atoms with Crippen LogP contribution in [-0.2, 0) is 6.42 Å². The lowest BCUT2D eigenvalue weighted by atomic mass is 9.82. The normalized spacial score (nSPS) is 19.2. The van der Waals surface area contributed by atoms with Gasteiger partial charge >= 0.3 is 0 Å². The molecule has 1 fully saturated rings. The van der Waals surface area contributed by atoms with E-state index < -0.39 is 0 Å². The van der Waals surface area contributed by atoms with Gasteiger partial charge in [0.05, 0.1) is 6.04 Å². The van der Waals surface area contributed by atoms with Gasteiger partial charge in [-0.25, -0.2) is 0 Å². The zero-order chi connectivity index (χ0) is 13.5. The molecule has 1 atom stereocenters. The first-order chi connectivity index (χ1) is 9.83. The molecule has 2 aromatic carbocycles. The van der Waals surface area contributed by atoms with Crippen LogP contribution in [-0.4, -0.2) is 6.04 Å². The molecule has 102 valence electrons. The summed E-state index contributed by atoms with van der Waals surface area (Å²) in [6, 6.07) is 18.8. The number of fused-ring (bicyclic) bond motifs is 2. The minimum absolute atomic E-state index is 0.367. The highest BCUT2D eigenvalue weighted by Crippen LogP contribution is 2.38. The maximum absolute atomic E-state index is 3.89. The summed E-state index contributed by atoms with van der Waals surface area (Å²) in [5.74, 6) is 0.885. The maximum Gasteiger partial charge on any atom is 0.0584 e. The molecule has 20 heavy (non-hydrogen) atoms. The maximum atomic E-state index is 3.89. The summed E-state index contributed by atoms with van der Waals surface area (Å²) in [6.45, 7) is 2.34. The minimum Gasteiger partial charge on any atom is -0.303 e. The predicted molar refractivity (Wildman–Crippen MR) is 82.9 cm³/mol. The van der Waals surface area contributed by atoms with Crippen molar-refractivity contribution < 1.29 is 0 Å². The molecular weight excluding hydrogens is 242 g/mol. The summed E-state index contributed by atoms with van der Waals surface area (Å²) >= 11 is 0. The van der Waals surface area contributed by atoms with E-state index in [1.807, 2.05) is 0 Å². The smallest absolute Gasteiger partial charge is 0.0584 e. The van der Waals surface area contributed by atoms with E-state index in [1.165, 1.54) is 35.1 Å². The highest BCUT2D eigenvalue weighted by molar-refractivity contribution is 5.48. The Balaban J connectivity index is 1.75. The molecule has 1 heteroatoms. The molecule has 0 heterocycles. The number of nitrogens with one attached hydrogen (secondary N) is 1. The molecule has 0 aliphatic heterocycles. The van der Waals surface area contributed by atoms with Crippen LogP contribution < -0.4 is 5.32 Å². The van der Waals surface area contributed by atoms with E-state index in [1.54, 1.807) is 0 Å². The van der Waals surface area contributed by atoms with E-state index in [4.69, 9.17) is 0 Å². The molecule has 0 bridgehead atoms. The van der Waals surface area contributed by atoms with Crippen LogP contribution in [0.2, 0.25) is 0 Å². The van der Waals surface area contributed by atoms with Crippen LogP contribution in [0.5, 0.6) is 0 Å². The van der Waals surface area contributed by atoms with Crippen LogP contribution in [0.1, 0.15) is 48.1 Å². The Bertz CT molecular complexity index is 582. The standard InChI is InChI=1S/C19H21N/c1-13(14-10-11-14)20-19-17-8-4-2-6-15(17)12-16-7-3-5-9-18(16)19/h2-9,13-14,19-20H,10-12H2,1H3. The van der Waals surface area contributed by atoms with Gasteiger partial charge in [0, 0.05) is 6.04 Å². The third-order valence-electron chi connectivity index (χ3n) is 4.87. The van der Waals surface area contributed by atoms with Gasteiger partial charge in [0.15, 0.2) is 0 Å². The van der Waals surface area contributed by atoms with Crippen molar-refractivity contribution in [2.45, 2.75) is 38.3 Å². The molecule has 2 aliphatic carbocycles. The topological polar surface area (TPSA) is 12.0 Å². The lowest BCUT2D eigenvalue weighted by molar-refractivity contribution is 0.451. The Labute approximate surface area is 121 Å². The van der Waals surface area contributed by atoms with Crippen LogP contribution in [0.3, 0.4) is 0 Å². The zero-order valence-corrected chi connectivity index (χ0v) is 12.0. The number of rotatable bonds is 3. The van der Waals surface area contributed by atoms with Gasteiger partial charge < -0.3 is 5.32 Å². The average Bonchev–Trinajstić information content (AvgIpc) is 3.31. The van der Waals surface area contributed by atoms with Crippen LogP contribution in [0, 0.1) is 5.92 Å². The third-order valence-corrected chi connectivity index (χ3v) is 4.87. The molecule has 1 N–H and O–H groups in total. The Morgan fingerprint density at radius 3 is 2.00 bits per heavy atom. The van der Waals surface area contributed by atoms with E-state index in [0.29, 0.717) is 12.1 Å². The molecule has 0 saturated heterocycles. The van der Waals surface area contributed by atoms with Crippen molar-refractivity contribution in [2.24, 2.45) is 5.92 Å². The molecule has 1 nitrogen and oxygen atoms in total. The lowest BCUT2D eigenvalue weighted by Crippen LogP contribution is -2.35. The zero-order valence-electron chi connectivity index (χ0n) is 12.0. The van der Waals surface area contributed by atoms with Gasteiger partial charge in [-0.3, -0.25) is 0 Å². The van der Waals surface area contributed by atoms with E-state index in [-0.39, 0.29) is 0 Å². The van der Waals surface area contributed by atoms with Gasteiger partial charge in [0.25, 0.3) is 0 Å². The Morgan fingerprint density at radius 2 is 1.45 bits per heavy atom. The van der Waals surface area contributed by atoms with Crippen LogP contribution in [0.25, 0.3) is 0 Å². The van der Waals surface area contributed by atoms with Crippen molar-refractivity contribution in [3.05, 3.63) is 70.8 Å². The van der Waals surface area contributed by atoms with Crippen LogP contribution >= 0.6 is 0 Å². The number of benzene rings is 2. The fourth-order valence-corrected chi connectivity index (χ4v) is 3.50. The highest BCUT2D eigenvalue weighted by Gasteiger charge is 2.32. The first-order valence-corrected chi connectivity index (χ1v) is 7.74. The number of hydrogen-bond donors (Lipinski definition) is 1. The van der Waals surface area contributed by atoms with E-state index in [2.05, 4.69) is 60.8 Å². The van der Waals surface area contributed by atoms with Gasteiger partial charge in [-0.1, -0.05) is 48.5 Å². The van der Waals surface area contributed by atoms with E-state index in [0.717, 1.165) is 12.3 Å². The molecular formula is C19H21N. The first-order valence-electron chi connectivity index (χ1n) is 7.74. The van der Waals surface area contributed by atoms with Crippen molar-refractivity contribution in [3.8, 4) is 0 Å². The SMILES string of the molecule is CC(NC1c2ccccc2Cc2ccccc21)C1CC1. The third kappa shape index (κ3) is 2.06. The van der Waals surface area contributed by atoms with Crippen LogP contribution in [0.4, 0.5) is 0 Å². The summed E-state index contributed by atoms with van der Waals surface area (Å²) in [6.07, 6.45) is 3.86. The lowest BCUT2D eigenvalue weighted by Gasteiger charge is -2.31. The highest BCUT2D eigenvalue weighted by atomic mass is 15.0. The van der Waals surface area contributed by atoms with E-state index in [9.17, 15) is 0 Å². The molecule has 1 saturated carbocycles. The Kier molecular flexibility index (Phi) is 2.89. The molecule has 1 unspecified atom stereocenters. The fourth-order valence-electron chi connectivity index (χ4n) is 3.50. The van der Waals surface area contributed by atoms with Crippen molar-refractivity contribution in [3.63, 3.8) is 0 Å². The summed E-state index contributed by atoms with van der Waals surface area (Å²) in [7, 11) is 0. The average molecular weight is 263 g/mol. The van der Waals surface area contributed by atoms with Crippen molar-refractivity contribution in [2.75, 3.05) is 0 Å². The van der Waals surface area contributed by atoms with E-state index >= 15 is 0 Å². The Hall–Kier alpha value is -1.60. The van der Waals surface area contributed by atoms with Gasteiger partial charge in [-0.05, 0) is 54.4 Å². The van der Waals surface area contributed by atoms with Crippen molar-refractivity contribution in [1.29, 1.82) is 0 Å². The second-order valence-electron chi connectivity index (χ2n) is 6.30. The molecule has 0 amide bonds. The van der Waals surface area contributed by atoms with Gasteiger partial charge in [-0.15, -0.1) is 0 Å². The molecule has 4 rings (SSSR count). The largest absolute Gasteiger partial charge is 0.303 e. The summed E-state index contributed by atoms with van der Waals surface area (Å²) in [5, 5.41) is 3.89. The first kappa shape index (κ1) is 12.2. The summed E-state index contributed by atoms with van der Waals surface area (Å²) in [4.78, 5) is 0. The predicted octanol–water partition coefficient (Wildman–Crippen LogP) is 4.07. The second kappa shape index (κ2) is 4.75. The molecule has 0 radical (unpaired) electrons. The van der Waals surface area contributed by atoms with Crippen molar-refractivity contribution in [1.82, 2.24) is 5.32 Å². The quantitative estimate of drug-likeness (QED) is 0.880. The monoisotopic (exact) mass is 263 g/mol. The number of hydrogen-bond acceptors (Lipinski definition) is 1. The summed E-state index contributed by atoms with van der Waals surface area (Å²) < 4.78 is 0. The molecule has 0 spiro atoms. The molecule has 2 aliphatic rings. The molecule has 0 aromatic heterocycles. The van der Waals surface area contributed by atoms with Crippen molar-refractivity contribution >= 4 is 0 Å². The Morgan fingerprint density at radius 1 is 0.900 bits per heavy atom. The van der Waals surface area contributed by atoms with Gasteiger partial charge in [-0.2, -0.15) is 0 Å². The summed E-state index contributed by atoms with van der Waals surface area (Å²) in [5.41, 5.74) is 5.90. The van der Waals surface area contributed by atoms with Gasteiger partial charge in [0.1, 0.15) is 0 Å².